The number of thiazole rings is 1. The average Bonchev–Trinajstić information content (AvgIpc) is 2.94. The minimum Gasteiger partial charge on any atom is -0.466 e. The lowest BCUT2D eigenvalue weighted by atomic mass is 9.97. The molecular formula is C15H24N4O2S. The van der Waals surface area contributed by atoms with Gasteiger partial charge < -0.3 is 15.0 Å². The lowest BCUT2D eigenvalue weighted by Crippen LogP contribution is -2.46. The molecule has 1 saturated heterocycles. The largest absolute Gasteiger partial charge is 0.466 e. The van der Waals surface area contributed by atoms with Crippen molar-refractivity contribution >= 4 is 23.3 Å². The van der Waals surface area contributed by atoms with E-state index in [1.54, 1.807) is 18.4 Å². The van der Waals surface area contributed by atoms with E-state index in [9.17, 15) is 4.79 Å². The Hall–Kier alpha value is -1.63. The molecule has 0 bridgehead atoms. The molecule has 1 N–H and O–H groups in total. The third-order valence-corrected chi connectivity index (χ3v) is 4.61. The second kappa shape index (κ2) is 8.12. The van der Waals surface area contributed by atoms with E-state index in [1.165, 1.54) is 4.88 Å². The number of rotatable bonds is 4. The van der Waals surface area contributed by atoms with Crippen molar-refractivity contribution in [2.75, 3.05) is 26.7 Å². The minimum absolute atomic E-state index is 0.0240. The van der Waals surface area contributed by atoms with Crippen molar-refractivity contribution < 1.29 is 9.53 Å². The summed E-state index contributed by atoms with van der Waals surface area (Å²) in [5.41, 5.74) is 0. The smallest absolute Gasteiger partial charge is 0.309 e. The van der Waals surface area contributed by atoms with Crippen molar-refractivity contribution in [3.8, 4) is 0 Å². The van der Waals surface area contributed by atoms with Crippen molar-refractivity contribution in [1.29, 1.82) is 0 Å². The molecule has 122 valence electrons. The zero-order valence-electron chi connectivity index (χ0n) is 13.5. The van der Waals surface area contributed by atoms with Crippen LogP contribution in [0.15, 0.2) is 11.2 Å². The highest BCUT2D eigenvalue weighted by molar-refractivity contribution is 7.11. The zero-order chi connectivity index (χ0) is 15.9. The van der Waals surface area contributed by atoms with Crippen molar-refractivity contribution in [1.82, 2.24) is 15.2 Å². The molecule has 7 heteroatoms. The highest BCUT2D eigenvalue weighted by atomic mass is 32.1. The van der Waals surface area contributed by atoms with Gasteiger partial charge in [0, 0.05) is 31.2 Å². The molecule has 0 aromatic carbocycles. The number of guanidine groups is 1. The molecule has 0 spiro atoms. The van der Waals surface area contributed by atoms with Gasteiger partial charge in [-0.2, -0.15) is 0 Å². The molecule has 0 saturated carbocycles. The number of aliphatic imine (C=N–C) groups is 1. The molecule has 1 aliphatic heterocycles. The van der Waals surface area contributed by atoms with E-state index in [2.05, 4.69) is 27.1 Å². The Morgan fingerprint density at radius 3 is 2.82 bits per heavy atom. The Morgan fingerprint density at radius 1 is 1.55 bits per heavy atom. The zero-order valence-corrected chi connectivity index (χ0v) is 14.3. The van der Waals surface area contributed by atoms with Crippen LogP contribution in [0.5, 0.6) is 0 Å². The van der Waals surface area contributed by atoms with Crippen LogP contribution < -0.4 is 5.32 Å². The average molecular weight is 324 g/mol. The van der Waals surface area contributed by atoms with E-state index in [0.29, 0.717) is 13.2 Å². The van der Waals surface area contributed by atoms with Crippen molar-refractivity contribution in [2.24, 2.45) is 10.9 Å². The number of piperidine rings is 1. The monoisotopic (exact) mass is 324 g/mol. The van der Waals surface area contributed by atoms with Crippen LogP contribution in [0.1, 0.15) is 29.7 Å². The first-order valence-corrected chi connectivity index (χ1v) is 8.49. The maximum atomic E-state index is 11.8. The summed E-state index contributed by atoms with van der Waals surface area (Å²) in [5.74, 6) is 0.828. The normalized spacial score (nSPS) is 16.7. The Kier molecular flexibility index (Phi) is 6.18. The standard InChI is InChI=1S/C15H24N4O2S/c1-4-21-14(20)12-5-7-19(8-6-12)15(16-3)18-10-13-17-9-11(2)22-13/h9,12H,4-8,10H2,1-3H3,(H,16,18). The van der Waals surface area contributed by atoms with Crippen LogP contribution in [0.25, 0.3) is 0 Å². The molecule has 6 nitrogen and oxygen atoms in total. The summed E-state index contributed by atoms with van der Waals surface area (Å²) in [5, 5.41) is 4.40. The maximum absolute atomic E-state index is 11.8. The fraction of sp³-hybridized carbons (Fsp3) is 0.667. The van der Waals surface area contributed by atoms with Crippen molar-refractivity contribution in [2.45, 2.75) is 33.2 Å². The minimum atomic E-state index is -0.0663. The summed E-state index contributed by atoms with van der Waals surface area (Å²) in [6, 6.07) is 0. The SMILES string of the molecule is CCOC(=O)C1CCN(C(=NC)NCc2ncc(C)s2)CC1. The summed E-state index contributed by atoms with van der Waals surface area (Å²) < 4.78 is 5.10. The first-order chi connectivity index (χ1) is 10.6. The van der Waals surface area contributed by atoms with Crippen LogP contribution in [0.2, 0.25) is 0 Å². The van der Waals surface area contributed by atoms with E-state index in [4.69, 9.17) is 4.74 Å². The summed E-state index contributed by atoms with van der Waals surface area (Å²) >= 11 is 1.69. The van der Waals surface area contributed by atoms with E-state index in [-0.39, 0.29) is 11.9 Å². The van der Waals surface area contributed by atoms with Gasteiger partial charge in [0.1, 0.15) is 5.01 Å². The molecular weight excluding hydrogens is 300 g/mol. The van der Waals surface area contributed by atoms with Gasteiger partial charge in [0.2, 0.25) is 0 Å². The number of nitrogens with one attached hydrogen (secondary N) is 1. The molecule has 1 aromatic rings. The van der Waals surface area contributed by atoms with Crippen LogP contribution in [0.4, 0.5) is 0 Å². The molecule has 0 aliphatic carbocycles. The summed E-state index contributed by atoms with van der Waals surface area (Å²) in [6.45, 7) is 6.67. The number of nitrogens with zero attached hydrogens (tertiary/aromatic N) is 3. The van der Waals surface area contributed by atoms with Crippen LogP contribution in [-0.2, 0) is 16.1 Å². The Balaban J connectivity index is 1.82. The number of hydrogen-bond acceptors (Lipinski definition) is 5. The first-order valence-electron chi connectivity index (χ1n) is 7.67. The molecule has 1 aliphatic rings. The number of carbonyl (C=O) groups excluding carboxylic acids is 1. The fourth-order valence-electron chi connectivity index (χ4n) is 2.56. The topological polar surface area (TPSA) is 66.8 Å². The Labute approximate surface area is 135 Å². The highest BCUT2D eigenvalue weighted by Crippen LogP contribution is 2.19. The number of ether oxygens (including phenoxy) is 1. The van der Waals surface area contributed by atoms with Crippen molar-refractivity contribution in [3.05, 3.63) is 16.1 Å². The van der Waals surface area contributed by atoms with Gasteiger partial charge in [0.05, 0.1) is 19.1 Å². The summed E-state index contributed by atoms with van der Waals surface area (Å²) in [6.07, 6.45) is 3.51. The van der Waals surface area contributed by atoms with Gasteiger partial charge in [0.25, 0.3) is 0 Å². The van der Waals surface area contributed by atoms with E-state index >= 15 is 0 Å². The number of carbonyl (C=O) groups is 1. The lowest BCUT2D eigenvalue weighted by Gasteiger charge is -2.33. The van der Waals surface area contributed by atoms with E-state index < -0.39 is 0 Å². The van der Waals surface area contributed by atoms with E-state index in [0.717, 1.165) is 36.9 Å². The fourth-order valence-corrected chi connectivity index (χ4v) is 3.28. The second-order valence-corrected chi connectivity index (χ2v) is 6.60. The molecule has 1 aromatic heterocycles. The maximum Gasteiger partial charge on any atom is 0.309 e. The van der Waals surface area contributed by atoms with Crippen LogP contribution >= 0.6 is 11.3 Å². The number of likely N-dealkylation sites (tertiary alicyclic amines) is 1. The second-order valence-electron chi connectivity index (χ2n) is 5.28. The molecule has 0 amide bonds. The molecule has 0 atom stereocenters. The van der Waals surface area contributed by atoms with Gasteiger partial charge in [-0.25, -0.2) is 4.98 Å². The third kappa shape index (κ3) is 4.43. The van der Waals surface area contributed by atoms with E-state index in [1.807, 2.05) is 13.1 Å². The molecule has 2 heterocycles. The quantitative estimate of drug-likeness (QED) is 0.520. The highest BCUT2D eigenvalue weighted by Gasteiger charge is 2.27. The molecule has 0 radical (unpaired) electrons. The Bertz CT molecular complexity index is 521. The number of aryl methyl sites for hydroxylation is 1. The van der Waals surface area contributed by atoms with Gasteiger partial charge in [-0.15, -0.1) is 11.3 Å². The van der Waals surface area contributed by atoms with Gasteiger partial charge in [-0.1, -0.05) is 0 Å². The third-order valence-electron chi connectivity index (χ3n) is 3.69. The van der Waals surface area contributed by atoms with Crippen LogP contribution in [0, 0.1) is 12.8 Å². The first kappa shape index (κ1) is 16.7. The van der Waals surface area contributed by atoms with Crippen LogP contribution in [0.3, 0.4) is 0 Å². The van der Waals surface area contributed by atoms with Gasteiger partial charge in [0.15, 0.2) is 5.96 Å². The summed E-state index contributed by atoms with van der Waals surface area (Å²) in [4.78, 5) is 23.8. The molecule has 22 heavy (non-hydrogen) atoms. The number of hydrogen-bond donors (Lipinski definition) is 1. The van der Waals surface area contributed by atoms with Crippen molar-refractivity contribution in [3.63, 3.8) is 0 Å². The molecule has 2 rings (SSSR count). The molecule has 0 unspecified atom stereocenters. The van der Waals surface area contributed by atoms with Crippen LogP contribution in [-0.4, -0.2) is 48.6 Å². The molecule has 1 fully saturated rings. The number of aromatic nitrogens is 1. The lowest BCUT2D eigenvalue weighted by molar-refractivity contribution is -0.149. The summed E-state index contributed by atoms with van der Waals surface area (Å²) in [7, 11) is 1.78. The van der Waals surface area contributed by atoms with Gasteiger partial charge >= 0.3 is 5.97 Å². The Morgan fingerprint density at radius 2 is 2.27 bits per heavy atom. The predicted octanol–water partition coefficient (Wildman–Crippen LogP) is 1.80. The number of esters is 1. The van der Waals surface area contributed by atoms with Gasteiger partial charge in [-0.3, -0.25) is 9.79 Å². The predicted molar refractivity (Wildman–Crippen MR) is 88.0 cm³/mol. The van der Waals surface area contributed by atoms with Gasteiger partial charge in [-0.05, 0) is 26.7 Å².